The van der Waals surface area contributed by atoms with Crippen molar-refractivity contribution in [2.24, 2.45) is 4.99 Å². The van der Waals surface area contributed by atoms with Crippen molar-refractivity contribution >= 4 is 47.3 Å². The van der Waals surface area contributed by atoms with Crippen molar-refractivity contribution in [3.05, 3.63) is 35.9 Å². The number of benzene rings is 1. The third-order valence-electron chi connectivity index (χ3n) is 5.77. The topological polar surface area (TPSA) is 40.1 Å². The smallest absolute Gasteiger partial charge is 0.194 e. The molecule has 0 aromatic heterocycles. The molecule has 3 rings (SSSR count). The first-order valence-electron chi connectivity index (χ1n) is 9.62. The molecule has 7 heteroatoms. The molecule has 1 N–H and O–H groups in total. The van der Waals surface area contributed by atoms with E-state index in [2.05, 4.69) is 70.2 Å². The van der Waals surface area contributed by atoms with Crippen molar-refractivity contribution < 1.29 is 4.74 Å². The maximum Gasteiger partial charge on any atom is 0.194 e. The number of nitrogens with one attached hydrogen (secondary N) is 1. The molecule has 0 saturated carbocycles. The zero-order valence-electron chi connectivity index (χ0n) is 17.4. The molecule has 0 spiro atoms. The first-order chi connectivity index (χ1) is 13.1. The number of ether oxygens (including phenoxy) is 1. The van der Waals surface area contributed by atoms with E-state index in [-0.39, 0.29) is 29.5 Å². The zero-order valence-corrected chi connectivity index (χ0v) is 20.5. The van der Waals surface area contributed by atoms with Gasteiger partial charge in [0.05, 0.1) is 7.11 Å². The van der Waals surface area contributed by atoms with Crippen LogP contribution in [0.5, 0.6) is 5.75 Å². The van der Waals surface area contributed by atoms with Crippen LogP contribution in [0.4, 0.5) is 0 Å². The zero-order chi connectivity index (χ0) is 19.3. The number of hydrogen-bond donors (Lipinski definition) is 1. The minimum atomic E-state index is 0. The van der Waals surface area contributed by atoms with Crippen LogP contribution in [0.25, 0.3) is 5.57 Å². The average Bonchev–Trinajstić information content (AvgIpc) is 3.19. The Morgan fingerprint density at radius 1 is 1.39 bits per heavy atom. The lowest BCUT2D eigenvalue weighted by Crippen LogP contribution is -2.55. The molecule has 28 heavy (non-hydrogen) atoms. The van der Waals surface area contributed by atoms with Crippen LogP contribution in [-0.2, 0) is 0 Å². The van der Waals surface area contributed by atoms with Crippen LogP contribution in [0.2, 0.25) is 0 Å². The first kappa shape index (κ1) is 23.3. The van der Waals surface area contributed by atoms with E-state index in [1.54, 1.807) is 7.11 Å². The Morgan fingerprint density at radius 2 is 2.21 bits per heavy atom. The molecule has 1 aromatic rings. The van der Waals surface area contributed by atoms with Crippen molar-refractivity contribution in [3.63, 3.8) is 0 Å². The fourth-order valence-electron chi connectivity index (χ4n) is 3.77. The highest BCUT2D eigenvalue weighted by Gasteiger charge is 2.36. The van der Waals surface area contributed by atoms with Crippen molar-refractivity contribution in [1.82, 2.24) is 15.1 Å². The summed E-state index contributed by atoms with van der Waals surface area (Å²) < 4.78 is 5.36. The third kappa shape index (κ3) is 5.36. The molecule has 156 valence electrons. The van der Waals surface area contributed by atoms with Gasteiger partial charge in [0.25, 0.3) is 0 Å². The summed E-state index contributed by atoms with van der Waals surface area (Å²) in [6.45, 7) is 2.81. The molecule has 2 heterocycles. The Morgan fingerprint density at radius 3 is 2.79 bits per heavy atom. The molecule has 0 aliphatic carbocycles. The molecule has 1 atom stereocenters. The van der Waals surface area contributed by atoms with Crippen LogP contribution >= 0.6 is 35.7 Å². The van der Waals surface area contributed by atoms with Gasteiger partial charge in [0.15, 0.2) is 5.96 Å². The second kappa shape index (κ2) is 10.7. The standard InChI is InChI=1S/C21H32N4OS.HI/c1-22-20(23-15-21(24(2)3)10-13-27-16-21)25-11-8-17(9-12-25)18-6-5-7-19(14-18)26-4;/h5-8,14H,9-13,15-16H2,1-4H3,(H,22,23);1H. The molecule has 2 aliphatic rings. The number of thioether (sulfide) groups is 1. The van der Waals surface area contributed by atoms with Gasteiger partial charge in [-0.1, -0.05) is 18.2 Å². The first-order valence-corrected chi connectivity index (χ1v) is 10.8. The van der Waals surface area contributed by atoms with E-state index < -0.39 is 0 Å². The molecule has 1 saturated heterocycles. The number of methoxy groups -OCH3 is 1. The second-order valence-corrected chi connectivity index (χ2v) is 8.58. The average molecular weight is 516 g/mol. The normalized spacial score (nSPS) is 22.7. The largest absolute Gasteiger partial charge is 0.497 e. The lowest BCUT2D eigenvalue weighted by molar-refractivity contribution is 0.181. The predicted octanol–water partition coefficient (Wildman–Crippen LogP) is 3.42. The predicted molar refractivity (Wildman–Crippen MR) is 132 cm³/mol. The molecule has 2 aliphatic heterocycles. The fourth-order valence-corrected chi connectivity index (χ4v) is 5.32. The van der Waals surface area contributed by atoms with E-state index >= 15 is 0 Å². The van der Waals surface area contributed by atoms with Crippen molar-refractivity contribution in [2.75, 3.05) is 59.4 Å². The van der Waals surface area contributed by atoms with Crippen molar-refractivity contribution in [1.29, 1.82) is 0 Å². The quantitative estimate of drug-likeness (QED) is 0.369. The Hall–Kier alpha value is -0.930. The van der Waals surface area contributed by atoms with Gasteiger partial charge in [0.1, 0.15) is 5.75 Å². The Balaban J connectivity index is 0.00000280. The molecular formula is C21H33IN4OS. The number of likely N-dealkylation sites (N-methyl/N-ethyl adjacent to an activating group) is 1. The summed E-state index contributed by atoms with van der Waals surface area (Å²) >= 11 is 2.05. The van der Waals surface area contributed by atoms with Crippen LogP contribution in [0.3, 0.4) is 0 Å². The van der Waals surface area contributed by atoms with Gasteiger partial charge >= 0.3 is 0 Å². The van der Waals surface area contributed by atoms with E-state index in [1.165, 1.54) is 29.1 Å². The summed E-state index contributed by atoms with van der Waals surface area (Å²) in [5.74, 6) is 4.35. The minimum Gasteiger partial charge on any atom is -0.497 e. The molecular weight excluding hydrogens is 483 g/mol. The molecule has 0 bridgehead atoms. The van der Waals surface area contributed by atoms with Gasteiger partial charge in [-0.15, -0.1) is 24.0 Å². The summed E-state index contributed by atoms with van der Waals surface area (Å²) in [6.07, 6.45) is 4.56. The third-order valence-corrected chi connectivity index (χ3v) is 7.00. The summed E-state index contributed by atoms with van der Waals surface area (Å²) in [5, 5.41) is 3.65. The SMILES string of the molecule is CN=C(NCC1(N(C)C)CCSC1)N1CC=C(c2cccc(OC)c2)CC1.I. The summed E-state index contributed by atoms with van der Waals surface area (Å²) in [4.78, 5) is 9.27. The minimum absolute atomic E-state index is 0. The number of nitrogens with zero attached hydrogens (tertiary/aromatic N) is 3. The van der Waals surface area contributed by atoms with E-state index in [9.17, 15) is 0 Å². The number of aliphatic imine (C=N–C) groups is 1. The Kier molecular flexibility index (Phi) is 8.95. The van der Waals surface area contributed by atoms with Crippen LogP contribution in [0.1, 0.15) is 18.4 Å². The van der Waals surface area contributed by atoms with Crippen LogP contribution in [-0.4, -0.2) is 80.7 Å². The van der Waals surface area contributed by atoms with Gasteiger partial charge in [-0.25, -0.2) is 0 Å². The maximum absolute atomic E-state index is 5.36. The van der Waals surface area contributed by atoms with Gasteiger partial charge in [0, 0.05) is 38.0 Å². The highest BCUT2D eigenvalue weighted by molar-refractivity contribution is 14.0. The lowest BCUT2D eigenvalue weighted by atomic mass is 9.97. The lowest BCUT2D eigenvalue weighted by Gasteiger charge is -2.38. The van der Waals surface area contributed by atoms with Crippen molar-refractivity contribution in [2.45, 2.75) is 18.4 Å². The monoisotopic (exact) mass is 516 g/mol. The molecule has 1 fully saturated rings. The van der Waals surface area contributed by atoms with Gasteiger partial charge in [-0.2, -0.15) is 11.8 Å². The highest BCUT2D eigenvalue weighted by Crippen LogP contribution is 2.31. The van der Waals surface area contributed by atoms with Gasteiger partial charge in [-0.3, -0.25) is 4.99 Å². The molecule has 1 unspecified atom stereocenters. The number of rotatable bonds is 5. The Bertz CT molecular complexity index is 701. The van der Waals surface area contributed by atoms with Crippen LogP contribution in [0.15, 0.2) is 35.3 Å². The fraction of sp³-hybridized carbons (Fsp3) is 0.571. The number of hydrogen-bond acceptors (Lipinski definition) is 4. The summed E-state index contributed by atoms with van der Waals surface area (Å²) in [7, 11) is 7.99. The van der Waals surface area contributed by atoms with E-state index in [0.717, 1.165) is 37.8 Å². The number of guanidine groups is 1. The van der Waals surface area contributed by atoms with E-state index in [1.807, 2.05) is 13.1 Å². The van der Waals surface area contributed by atoms with Gasteiger partial charge in [0.2, 0.25) is 0 Å². The molecule has 0 amide bonds. The molecule has 1 aromatic carbocycles. The summed E-state index contributed by atoms with van der Waals surface area (Å²) in [5.41, 5.74) is 2.88. The number of halogens is 1. The Labute approximate surface area is 191 Å². The molecule has 0 radical (unpaired) electrons. The summed E-state index contributed by atoms with van der Waals surface area (Å²) in [6, 6.07) is 8.33. The van der Waals surface area contributed by atoms with E-state index in [0.29, 0.717) is 0 Å². The maximum atomic E-state index is 5.36. The van der Waals surface area contributed by atoms with Crippen LogP contribution < -0.4 is 10.1 Å². The van der Waals surface area contributed by atoms with Gasteiger partial charge in [-0.05, 0) is 56.0 Å². The van der Waals surface area contributed by atoms with Crippen molar-refractivity contribution in [3.8, 4) is 5.75 Å². The molecule has 5 nitrogen and oxygen atoms in total. The van der Waals surface area contributed by atoms with Gasteiger partial charge < -0.3 is 19.9 Å². The van der Waals surface area contributed by atoms with E-state index in [4.69, 9.17) is 4.74 Å². The van der Waals surface area contributed by atoms with Crippen LogP contribution in [0, 0.1) is 0 Å². The second-order valence-electron chi connectivity index (χ2n) is 7.48. The highest BCUT2D eigenvalue weighted by atomic mass is 127.